The number of halogens is 4. The summed E-state index contributed by atoms with van der Waals surface area (Å²) >= 11 is 0. The van der Waals surface area contributed by atoms with Crippen LogP contribution in [0.2, 0.25) is 0 Å². The van der Waals surface area contributed by atoms with E-state index in [4.69, 9.17) is 0 Å². The number of anilines is 1. The Labute approximate surface area is 120 Å². The van der Waals surface area contributed by atoms with Crippen molar-refractivity contribution in [3.8, 4) is 0 Å². The molecule has 0 saturated carbocycles. The van der Waals surface area contributed by atoms with Gasteiger partial charge >= 0.3 is 6.18 Å². The first kappa shape index (κ1) is 15.4. The Morgan fingerprint density at radius 2 is 1.62 bits per heavy atom. The standard InChI is InChI=1S/C16H15F4N/c1-10-7-14(17)9-15(8-10)21-11(2)12-3-5-13(6-4-12)16(18,19)20/h3-9,11,21H,1-2H3. The van der Waals surface area contributed by atoms with Gasteiger partial charge in [0, 0.05) is 11.7 Å². The van der Waals surface area contributed by atoms with Crippen LogP contribution >= 0.6 is 0 Å². The van der Waals surface area contributed by atoms with Crippen molar-refractivity contribution in [2.75, 3.05) is 5.32 Å². The molecule has 1 nitrogen and oxygen atoms in total. The van der Waals surface area contributed by atoms with Crippen LogP contribution in [0.5, 0.6) is 0 Å². The van der Waals surface area contributed by atoms with Gasteiger partial charge in [-0.2, -0.15) is 13.2 Å². The van der Waals surface area contributed by atoms with Gasteiger partial charge in [-0.15, -0.1) is 0 Å². The van der Waals surface area contributed by atoms with Gasteiger partial charge in [0.2, 0.25) is 0 Å². The first-order valence-electron chi connectivity index (χ1n) is 6.46. The molecule has 0 amide bonds. The average Bonchev–Trinajstić information content (AvgIpc) is 2.36. The quantitative estimate of drug-likeness (QED) is 0.755. The molecule has 2 aromatic rings. The Morgan fingerprint density at radius 1 is 1.00 bits per heavy atom. The summed E-state index contributed by atoms with van der Waals surface area (Å²) in [5.74, 6) is -0.350. The third-order valence-electron chi connectivity index (χ3n) is 3.16. The van der Waals surface area contributed by atoms with Gasteiger partial charge in [0.15, 0.2) is 0 Å². The summed E-state index contributed by atoms with van der Waals surface area (Å²) in [5.41, 5.74) is 1.39. The van der Waals surface area contributed by atoms with Crippen molar-refractivity contribution in [3.05, 3.63) is 65.0 Å². The molecule has 21 heavy (non-hydrogen) atoms. The van der Waals surface area contributed by atoms with Crippen LogP contribution in [0.25, 0.3) is 0 Å². The lowest BCUT2D eigenvalue weighted by atomic mass is 10.1. The molecular formula is C16H15F4N. The van der Waals surface area contributed by atoms with E-state index < -0.39 is 11.7 Å². The Balaban J connectivity index is 2.15. The predicted octanol–water partition coefficient (Wildman–Crippen LogP) is 5.33. The maximum atomic E-state index is 13.3. The zero-order valence-electron chi connectivity index (χ0n) is 11.6. The number of hydrogen-bond donors (Lipinski definition) is 1. The van der Waals surface area contributed by atoms with Gasteiger partial charge in [-0.05, 0) is 55.3 Å². The summed E-state index contributed by atoms with van der Waals surface area (Å²) in [7, 11) is 0. The molecule has 0 aliphatic carbocycles. The summed E-state index contributed by atoms with van der Waals surface area (Å²) in [5, 5.41) is 3.08. The zero-order chi connectivity index (χ0) is 15.6. The largest absolute Gasteiger partial charge is 0.416 e. The van der Waals surface area contributed by atoms with Crippen LogP contribution < -0.4 is 5.32 Å². The van der Waals surface area contributed by atoms with Crippen LogP contribution in [-0.4, -0.2) is 0 Å². The first-order chi connectivity index (χ1) is 9.75. The molecule has 0 bridgehead atoms. The Hall–Kier alpha value is -2.04. The molecule has 0 fully saturated rings. The van der Waals surface area contributed by atoms with Gasteiger partial charge in [0.25, 0.3) is 0 Å². The van der Waals surface area contributed by atoms with Crippen molar-refractivity contribution in [1.82, 2.24) is 0 Å². The number of benzene rings is 2. The lowest BCUT2D eigenvalue weighted by Gasteiger charge is -2.17. The van der Waals surface area contributed by atoms with E-state index in [1.165, 1.54) is 24.3 Å². The van der Waals surface area contributed by atoms with E-state index in [2.05, 4.69) is 5.32 Å². The molecule has 112 valence electrons. The fraction of sp³-hybridized carbons (Fsp3) is 0.250. The molecule has 0 heterocycles. The van der Waals surface area contributed by atoms with Crippen molar-refractivity contribution >= 4 is 5.69 Å². The predicted molar refractivity (Wildman–Crippen MR) is 74.6 cm³/mol. The van der Waals surface area contributed by atoms with E-state index >= 15 is 0 Å². The van der Waals surface area contributed by atoms with Gasteiger partial charge in [0.1, 0.15) is 5.82 Å². The van der Waals surface area contributed by atoms with Crippen LogP contribution in [0, 0.1) is 12.7 Å². The van der Waals surface area contributed by atoms with Crippen LogP contribution in [0.1, 0.15) is 29.7 Å². The fourth-order valence-electron chi connectivity index (χ4n) is 2.11. The van der Waals surface area contributed by atoms with Crippen molar-refractivity contribution in [2.45, 2.75) is 26.1 Å². The lowest BCUT2D eigenvalue weighted by molar-refractivity contribution is -0.137. The number of alkyl halides is 3. The second-order valence-electron chi connectivity index (χ2n) is 5.00. The molecule has 2 aromatic carbocycles. The molecule has 0 aliphatic rings. The average molecular weight is 297 g/mol. The van der Waals surface area contributed by atoms with Crippen molar-refractivity contribution < 1.29 is 17.6 Å². The zero-order valence-corrected chi connectivity index (χ0v) is 11.6. The molecule has 0 aliphatic heterocycles. The van der Waals surface area contributed by atoms with Gasteiger partial charge in [-0.25, -0.2) is 4.39 Å². The molecule has 5 heteroatoms. The summed E-state index contributed by atoms with van der Waals surface area (Å²) in [6, 6.07) is 9.26. The first-order valence-corrected chi connectivity index (χ1v) is 6.46. The number of hydrogen-bond acceptors (Lipinski definition) is 1. The van der Waals surface area contributed by atoms with E-state index in [-0.39, 0.29) is 11.9 Å². The fourth-order valence-corrected chi connectivity index (χ4v) is 2.11. The molecule has 1 N–H and O–H groups in total. The van der Waals surface area contributed by atoms with Gasteiger partial charge in [0.05, 0.1) is 5.56 Å². The smallest absolute Gasteiger partial charge is 0.378 e. The van der Waals surface area contributed by atoms with Gasteiger partial charge in [-0.1, -0.05) is 12.1 Å². The minimum atomic E-state index is -4.34. The third-order valence-corrected chi connectivity index (χ3v) is 3.16. The van der Waals surface area contributed by atoms with Gasteiger partial charge in [-0.3, -0.25) is 0 Å². The molecule has 0 aromatic heterocycles. The van der Waals surface area contributed by atoms with Gasteiger partial charge < -0.3 is 5.32 Å². The van der Waals surface area contributed by atoms with Crippen molar-refractivity contribution in [3.63, 3.8) is 0 Å². The second-order valence-corrected chi connectivity index (χ2v) is 5.00. The number of rotatable bonds is 3. The molecule has 2 rings (SSSR count). The molecular weight excluding hydrogens is 282 g/mol. The topological polar surface area (TPSA) is 12.0 Å². The molecule has 0 saturated heterocycles. The van der Waals surface area contributed by atoms with Crippen molar-refractivity contribution in [1.29, 1.82) is 0 Å². The highest BCUT2D eigenvalue weighted by atomic mass is 19.4. The van der Waals surface area contributed by atoms with Crippen LogP contribution in [0.3, 0.4) is 0 Å². The van der Waals surface area contributed by atoms with Crippen LogP contribution in [0.15, 0.2) is 42.5 Å². The normalized spacial score (nSPS) is 13.0. The summed E-state index contributed by atoms with van der Waals surface area (Å²) in [6.45, 7) is 3.58. The monoisotopic (exact) mass is 297 g/mol. The Kier molecular flexibility index (Phi) is 4.21. The van der Waals surface area contributed by atoms with E-state index in [0.29, 0.717) is 11.3 Å². The molecule has 1 unspecified atom stereocenters. The number of nitrogens with one attached hydrogen (secondary N) is 1. The maximum Gasteiger partial charge on any atom is 0.416 e. The molecule has 1 atom stereocenters. The SMILES string of the molecule is Cc1cc(F)cc(NC(C)c2ccc(C(F)(F)F)cc2)c1. The molecule has 0 radical (unpaired) electrons. The minimum absolute atomic E-state index is 0.228. The van der Waals surface area contributed by atoms with Crippen LogP contribution in [0.4, 0.5) is 23.2 Å². The maximum absolute atomic E-state index is 13.3. The summed E-state index contributed by atoms with van der Waals surface area (Å²) in [6.07, 6.45) is -4.34. The van der Waals surface area contributed by atoms with E-state index in [0.717, 1.165) is 17.7 Å². The highest BCUT2D eigenvalue weighted by Crippen LogP contribution is 2.30. The van der Waals surface area contributed by atoms with E-state index in [1.54, 1.807) is 13.0 Å². The highest BCUT2D eigenvalue weighted by molar-refractivity contribution is 5.48. The second kappa shape index (κ2) is 5.76. The Morgan fingerprint density at radius 3 is 2.14 bits per heavy atom. The molecule has 0 spiro atoms. The Bertz CT molecular complexity index is 597. The van der Waals surface area contributed by atoms with Crippen LogP contribution in [-0.2, 0) is 6.18 Å². The number of aryl methyl sites for hydroxylation is 1. The third kappa shape index (κ3) is 3.97. The highest BCUT2D eigenvalue weighted by Gasteiger charge is 2.30. The van der Waals surface area contributed by atoms with Crippen molar-refractivity contribution in [2.24, 2.45) is 0 Å². The summed E-state index contributed by atoms with van der Waals surface area (Å²) < 4.78 is 50.8. The minimum Gasteiger partial charge on any atom is -0.378 e. The lowest BCUT2D eigenvalue weighted by Crippen LogP contribution is -2.09. The van der Waals surface area contributed by atoms with E-state index in [1.807, 2.05) is 6.92 Å². The van der Waals surface area contributed by atoms with E-state index in [9.17, 15) is 17.6 Å². The summed E-state index contributed by atoms with van der Waals surface area (Å²) in [4.78, 5) is 0.